The first-order valence-corrected chi connectivity index (χ1v) is 9.06. The Hall–Kier alpha value is -2.91. The van der Waals surface area contributed by atoms with Gasteiger partial charge in [-0.25, -0.2) is 9.78 Å². The van der Waals surface area contributed by atoms with E-state index < -0.39 is 0 Å². The summed E-state index contributed by atoms with van der Waals surface area (Å²) in [6.45, 7) is 4.16. The van der Waals surface area contributed by atoms with Crippen molar-refractivity contribution in [2.45, 2.75) is 33.1 Å². The molecule has 140 valence electrons. The number of allylic oxidation sites excluding steroid dienone is 6. The number of nitrogens with zero attached hydrogens (tertiary/aromatic N) is 3. The molecule has 1 aromatic rings. The first-order valence-electron chi connectivity index (χ1n) is 8.68. The van der Waals surface area contributed by atoms with E-state index in [4.69, 9.17) is 11.6 Å². The van der Waals surface area contributed by atoms with Gasteiger partial charge in [-0.3, -0.25) is 9.69 Å². The van der Waals surface area contributed by atoms with Gasteiger partial charge in [0, 0.05) is 12.2 Å². The van der Waals surface area contributed by atoms with E-state index in [1.165, 1.54) is 11.0 Å². The van der Waals surface area contributed by atoms with Crippen LogP contribution in [0, 0.1) is 11.3 Å². The predicted molar refractivity (Wildman–Crippen MR) is 106 cm³/mol. The van der Waals surface area contributed by atoms with Gasteiger partial charge in [-0.1, -0.05) is 30.7 Å². The molecule has 1 N–H and O–H groups in total. The number of pyridine rings is 1. The second-order valence-corrected chi connectivity index (χ2v) is 6.44. The molecule has 0 saturated heterocycles. The molecule has 1 aliphatic rings. The molecule has 0 saturated carbocycles. The topological polar surface area (TPSA) is 86.1 Å². The lowest BCUT2D eigenvalue weighted by atomic mass is 10.1. The molecule has 2 amide bonds. The highest BCUT2D eigenvalue weighted by atomic mass is 35.5. The Kier molecular flexibility index (Phi) is 7.33. The van der Waals surface area contributed by atoms with Gasteiger partial charge in [-0.05, 0) is 50.0 Å². The maximum atomic E-state index is 12.7. The summed E-state index contributed by atoms with van der Waals surface area (Å²) < 4.78 is 0. The number of carbonyl (C=O) groups excluding carboxylic acids is 2. The lowest BCUT2D eigenvalue weighted by Gasteiger charge is -2.28. The van der Waals surface area contributed by atoms with Gasteiger partial charge in [-0.15, -0.1) is 0 Å². The Balaban J connectivity index is 2.21. The Bertz CT molecular complexity index is 865. The van der Waals surface area contributed by atoms with Gasteiger partial charge in [0.25, 0.3) is 0 Å². The number of urea groups is 1. The van der Waals surface area contributed by atoms with Gasteiger partial charge in [-0.2, -0.15) is 5.26 Å². The van der Waals surface area contributed by atoms with Crippen molar-refractivity contribution in [2.75, 3.05) is 11.4 Å². The van der Waals surface area contributed by atoms with Crippen LogP contribution in [0.3, 0.4) is 0 Å². The zero-order valence-electron chi connectivity index (χ0n) is 15.3. The van der Waals surface area contributed by atoms with Crippen molar-refractivity contribution in [2.24, 2.45) is 0 Å². The molecule has 27 heavy (non-hydrogen) atoms. The number of nitriles is 1. The largest absolute Gasteiger partial charge is 0.327 e. The molecule has 0 atom stereocenters. The summed E-state index contributed by atoms with van der Waals surface area (Å²) in [6, 6.07) is 5.16. The number of aryl methyl sites for hydroxylation is 1. The molecule has 0 unspecified atom stereocenters. The molecular formula is C20H21ClN4O2. The van der Waals surface area contributed by atoms with Crippen LogP contribution in [0.5, 0.6) is 0 Å². The van der Waals surface area contributed by atoms with Crippen LogP contribution >= 0.6 is 11.6 Å². The average molecular weight is 385 g/mol. The van der Waals surface area contributed by atoms with E-state index in [-0.39, 0.29) is 16.8 Å². The highest BCUT2D eigenvalue weighted by molar-refractivity contribution is 6.32. The zero-order valence-corrected chi connectivity index (χ0v) is 16.1. The maximum Gasteiger partial charge on any atom is 0.327 e. The zero-order chi connectivity index (χ0) is 19.8. The van der Waals surface area contributed by atoms with Gasteiger partial charge in [0.1, 0.15) is 17.6 Å². The molecule has 1 aromatic heterocycles. The lowest BCUT2D eigenvalue weighted by molar-refractivity contribution is 0.111. The number of anilines is 1. The number of halogens is 1. The standard InChI is InChI=1S/C20H21ClN4O2/c1-3-4-6-16(12-22)18(21)11-14(2)23-20(27)25-10-5-7-15-8-9-17(13-26)24-19(15)25/h4,6,8-9,11,13H,3,5,7,10H2,1-2H3,(H,23,27)/b6-4+,14-11+,18-16-. The molecular weight excluding hydrogens is 364 g/mol. The monoisotopic (exact) mass is 384 g/mol. The van der Waals surface area contributed by atoms with Crippen LogP contribution in [0.15, 0.2) is 46.7 Å². The van der Waals surface area contributed by atoms with Crippen LogP contribution < -0.4 is 10.2 Å². The van der Waals surface area contributed by atoms with Crippen molar-refractivity contribution in [3.63, 3.8) is 0 Å². The molecule has 1 aliphatic heterocycles. The Labute approximate surface area is 163 Å². The smallest absolute Gasteiger partial charge is 0.312 e. The van der Waals surface area contributed by atoms with Gasteiger partial charge >= 0.3 is 6.03 Å². The number of aldehydes is 1. The van der Waals surface area contributed by atoms with E-state index >= 15 is 0 Å². The van der Waals surface area contributed by atoms with E-state index in [0.29, 0.717) is 29.9 Å². The molecule has 0 aliphatic carbocycles. The number of aromatic nitrogens is 1. The van der Waals surface area contributed by atoms with Gasteiger partial charge < -0.3 is 5.32 Å². The molecule has 7 heteroatoms. The van der Waals surface area contributed by atoms with E-state index in [1.807, 2.05) is 25.1 Å². The summed E-state index contributed by atoms with van der Waals surface area (Å²) in [7, 11) is 0. The fraction of sp³-hybridized carbons (Fsp3) is 0.300. The Morgan fingerprint density at radius 2 is 2.26 bits per heavy atom. The molecule has 0 aromatic carbocycles. The predicted octanol–water partition coefficient (Wildman–Crippen LogP) is 4.24. The molecule has 2 heterocycles. The number of rotatable bonds is 5. The molecule has 2 rings (SSSR count). The van der Waals surface area contributed by atoms with Gasteiger partial charge in [0.15, 0.2) is 6.29 Å². The number of nitrogens with one attached hydrogen (secondary N) is 1. The number of hydrogen-bond donors (Lipinski definition) is 1. The summed E-state index contributed by atoms with van der Waals surface area (Å²) in [6.07, 6.45) is 8.10. The van der Waals surface area contributed by atoms with Crippen LogP contribution in [0.4, 0.5) is 10.6 Å². The highest BCUT2D eigenvalue weighted by Crippen LogP contribution is 2.25. The van der Waals surface area contributed by atoms with Crippen molar-refractivity contribution in [1.82, 2.24) is 10.3 Å². The Morgan fingerprint density at radius 1 is 1.48 bits per heavy atom. The first kappa shape index (κ1) is 20.4. The van der Waals surface area contributed by atoms with E-state index in [2.05, 4.69) is 10.3 Å². The third-order valence-electron chi connectivity index (χ3n) is 3.97. The van der Waals surface area contributed by atoms with Crippen molar-refractivity contribution in [3.8, 4) is 6.07 Å². The van der Waals surface area contributed by atoms with Crippen molar-refractivity contribution < 1.29 is 9.59 Å². The second kappa shape index (κ2) is 9.70. The van der Waals surface area contributed by atoms with Gasteiger partial charge in [0.05, 0.1) is 10.6 Å². The van der Waals surface area contributed by atoms with Crippen molar-refractivity contribution in [3.05, 3.63) is 57.9 Å². The molecule has 6 nitrogen and oxygen atoms in total. The van der Waals surface area contributed by atoms with Gasteiger partial charge in [0.2, 0.25) is 0 Å². The molecule has 0 spiro atoms. The van der Waals surface area contributed by atoms with Crippen molar-refractivity contribution >= 4 is 29.7 Å². The fourth-order valence-corrected chi connectivity index (χ4v) is 2.93. The quantitative estimate of drug-likeness (QED) is 0.467. The fourth-order valence-electron chi connectivity index (χ4n) is 2.66. The minimum atomic E-state index is -0.354. The van der Waals surface area contributed by atoms with Crippen molar-refractivity contribution in [1.29, 1.82) is 5.26 Å². The third-order valence-corrected chi connectivity index (χ3v) is 4.28. The molecule has 0 bridgehead atoms. The minimum Gasteiger partial charge on any atom is -0.312 e. The summed E-state index contributed by atoms with van der Waals surface area (Å²) in [4.78, 5) is 29.4. The van der Waals surface area contributed by atoms with E-state index in [0.717, 1.165) is 24.8 Å². The SMILES string of the molecule is CC/C=C/C(C#N)=C(Cl)\C=C(/C)NC(=O)N1CCCc2ccc(C=O)nc21. The normalized spacial score (nSPS) is 15.0. The number of fused-ring (bicyclic) bond motifs is 1. The third kappa shape index (κ3) is 5.28. The first-order chi connectivity index (χ1) is 13.0. The second-order valence-electron chi connectivity index (χ2n) is 6.03. The van der Waals surface area contributed by atoms with Crippen LogP contribution in [-0.4, -0.2) is 23.8 Å². The Morgan fingerprint density at radius 3 is 2.93 bits per heavy atom. The van der Waals surface area contributed by atoms with Crippen LogP contribution in [0.25, 0.3) is 0 Å². The van der Waals surface area contributed by atoms with Crippen LogP contribution in [-0.2, 0) is 6.42 Å². The van der Waals surface area contributed by atoms with E-state index in [1.54, 1.807) is 19.1 Å². The summed E-state index contributed by atoms with van der Waals surface area (Å²) in [5, 5.41) is 12.2. The van der Waals surface area contributed by atoms with Crippen LogP contribution in [0.2, 0.25) is 0 Å². The number of amides is 2. The summed E-state index contributed by atoms with van der Waals surface area (Å²) in [5.74, 6) is 0.501. The number of hydrogen-bond acceptors (Lipinski definition) is 4. The molecule has 0 radical (unpaired) electrons. The number of carbonyl (C=O) groups is 2. The average Bonchev–Trinajstić information content (AvgIpc) is 2.67. The minimum absolute atomic E-state index is 0.250. The molecule has 0 fully saturated rings. The highest BCUT2D eigenvalue weighted by Gasteiger charge is 2.24. The summed E-state index contributed by atoms with van der Waals surface area (Å²) in [5.41, 5.74) is 2.04. The maximum absolute atomic E-state index is 12.7. The lowest BCUT2D eigenvalue weighted by Crippen LogP contribution is -2.42. The van der Waals surface area contributed by atoms with E-state index in [9.17, 15) is 14.9 Å². The van der Waals surface area contributed by atoms with Crippen LogP contribution in [0.1, 0.15) is 42.7 Å². The summed E-state index contributed by atoms with van der Waals surface area (Å²) >= 11 is 6.18.